The lowest BCUT2D eigenvalue weighted by Gasteiger charge is -2.37. The third kappa shape index (κ3) is 4.36. The standard InChI is InChI=1S/C28H32N2O4/c1-33-25-13-22-18-30(28(32)24(22)15-26(25)34-2)17-19-7-6-12-29(16-19)27(31)14-21-10-5-9-20-8-3-4-11-23(20)21/h3-5,8-11,13,15,19,27,31H,6-7,12,14,16-18H2,1-2H3. The molecule has 2 aliphatic heterocycles. The number of hydrogen-bond donors (Lipinski definition) is 1. The summed E-state index contributed by atoms with van der Waals surface area (Å²) < 4.78 is 10.8. The van der Waals surface area contributed by atoms with E-state index in [1.54, 1.807) is 20.3 Å². The molecule has 6 nitrogen and oxygen atoms in total. The summed E-state index contributed by atoms with van der Waals surface area (Å²) in [4.78, 5) is 17.2. The fourth-order valence-electron chi connectivity index (χ4n) is 5.47. The number of amides is 1. The lowest BCUT2D eigenvalue weighted by molar-refractivity contribution is -0.0241. The fourth-order valence-corrected chi connectivity index (χ4v) is 5.47. The van der Waals surface area contributed by atoms with Gasteiger partial charge in [-0.3, -0.25) is 9.69 Å². The molecule has 0 bridgehead atoms. The molecule has 6 heteroatoms. The molecule has 0 aromatic heterocycles. The molecule has 0 aliphatic carbocycles. The van der Waals surface area contributed by atoms with Gasteiger partial charge >= 0.3 is 0 Å². The van der Waals surface area contributed by atoms with Crippen LogP contribution in [-0.2, 0) is 13.0 Å². The van der Waals surface area contributed by atoms with Crippen molar-refractivity contribution in [2.24, 2.45) is 5.92 Å². The van der Waals surface area contributed by atoms with Crippen molar-refractivity contribution in [1.29, 1.82) is 0 Å². The number of carbonyl (C=O) groups is 1. The second-order valence-electron chi connectivity index (χ2n) is 9.38. The molecule has 1 saturated heterocycles. The monoisotopic (exact) mass is 460 g/mol. The van der Waals surface area contributed by atoms with Gasteiger partial charge in [-0.1, -0.05) is 42.5 Å². The van der Waals surface area contributed by atoms with E-state index in [1.165, 1.54) is 16.3 Å². The highest BCUT2D eigenvalue weighted by atomic mass is 16.5. The van der Waals surface area contributed by atoms with E-state index >= 15 is 0 Å². The van der Waals surface area contributed by atoms with Gasteiger partial charge in [0.25, 0.3) is 5.91 Å². The number of piperidine rings is 1. The third-order valence-electron chi connectivity index (χ3n) is 7.22. The number of aliphatic hydroxyl groups is 1. The van der Waals surface area contributed by atoms with Gasteiger partial charge in [-0.2, -0.15) is 0 Å². The topological polar surface area (TPSA) is 62.2 Å². The third-order valence-corrected chi connectivity index (χ3v) is 7.22. The molecule has 1 amide bonds. The summed E-state index contributed by atoms with van der Waals surface area (Å²) in [6.45, 7) is 2.95. The number of carbonyl (C=O) groups excluding carboxylic acids is 1. The first-order chi connectivity index (χ1) is 16.6. The van der Waals surface area contributed by atoms with Crippen LogP contribution in [0.4, 0.5) is 0 Å². The number of likely N-dealkylation sites (tertiary alicyclic amines) is 1. The molecule has 34 heavy (non-hydrogen) atoms. The van der Waals surface area contributed by atoms with Gasteiger partial charge in [0.05, 0.1) is 14.2 Å². The second kappa shape index (κ2) is 9.65. The molecular formula is C28H32N2O4. The Morgan fingerprint density at radius 3 is 2.65 bits per heavy atom. The van der Waals surface area contributed by atoms with Crippen LogP contribution in [0.3, 0.4) is 0 Å². The van der Waals surface area contributed by atoms with E-state index in [-0.39, 0.29) is 5.91 Å². The quantitative estimate of drug-likeness (QED) is 0.576. The van der Waals surface area contributed by atoms with Crippen molar-refractivity contribution < 1.29 is 19.4 Å². The second-order valence-corrected chi connectivity index (χ2v) is 9.38. The van der Waals surface area contributed by atoms with Crippen LogP contribution in [0.2, 0.25) is 0 Å². The Labute approximate surface area is 200 Å². The largest absolute Gasteiger partial charge is 0.493 e. The molecule has 2 aliphatic rings. The SMILES string of the molecule is COc1cc2c(cc1OC)C(=O)N(CC1CCCN(C(O)Cc3cccc4ccccc34)C1)C2. The van der Waals surface area contributed by atoms with Gasteiger partial charge in [0.15, 0.2) is 11.5 Å². The molecule has 2 unspecified atom stereocenters. The number of ether oxygens (including phenoxy) is 2. The van der Waals surface area contributed by atoms with Crippen LogP contribution >= 0.6 is 0 Å². The number of rotatable bonds is 7. The minimum absolute atomic E-state index is 0.0457. The van der Waals surface area contributed by atoms with E-state index in [1.807, 2.05) is 23.1 Å². The molecule has 0 radical (unpaired) electrons. The Kier molecular flexibility index (Phi) is 6.44. The van der Waals surface area contributed by atoms with Crippen molar-refractivity contribution in [1.82, 2.24) is 9.80 Å². The Morgan fingerprint density at radius 1 is 1.06 bits per heavy atom. The molecule has 1 fully saturated rings. The summed E-state index contributed by atoms with van der Waals surface area (Å²) in [7, 11) is 3.20. The zero-order valence-electron chi connectivity index (χ0n) is 19.9. The molecule has 2 heterocycles. The maximum absolute atomic E-state index is 13.1. The van der Waals surface area contributed by atoms with Gasteiger partial charge in [0.1, 0.15) is 6.23 Å². The first-order valence-corrected chi connectivity index (χ1v) is 12.0. The van der Waals surface area contributed by atoms with E-state index in [9.17, 15) is 9.90 Å². The molecule has 5 rings (SSSR count). The maximum atomic E-state index is 13.1. The van der Waals surface area contributed by atoms with Crippen LogP contribution in [0.25, 0.3) is 10.8 Å². The summed E-state index contributed by atoms with van der Waals surface area (Å²) in [6, 6.07) is 18.3. The van der Waals surface area contributed by atoms with Gasteiger partial charge < -0.3 is 19.5 Å². The van der Waals surface area contributed by atoms with Crippen molar-refractivity contribution >= 4 is 16.7 Å². The number of aliphatic hydroxyl groups excluding tert-OH is 1. The Morgan fingerprint density at radius 2 is 1.82 bits per heavy atom. The van der Waals surface area contributed by atoms with Gasteiger partial charge in [-0.15, -0.1) is 0 Å². The van der Waals surface area contributed by atoms with Crippen LogP contribution in [0.1, 0.15) is 34.3 Å². The number of methoxy groups -OCH3 is 2. The summed E-state index contributed by atoms with van der Waals surface area (Å²) >= 11 is 0. The smallest absolute Gasteiger partial charge is 0.254 e. The van der Waals surface area contributed by atoms with Crippen LogP contribution in [0.5, 0.6) is 11.5 Å². The van der Waals surface area contributed by atoms with Crippen molar-refractivity contribution in [3.05, 3.63) is 71.3 Å². The van der Waals surface area contributed by atoms with Crippen molar-refractivity contribution in [3.63, 3.8) is 0 Å². The normalized spacial score (nSPS) is 19.3. The number of nitrogens with zero attached hydrogens (tertiary/aromatic N) is 2. The molecule has 0 saturated carbocycles. The van der Waals surface area contributed by atoms with E-state index < -0.39 is 6.23 Å². The van der Waals surface area contributed by atoms with Crippen molar-refractivity contribution in [2.75, 3.05) is 33.9 Å². The number of hydrogen-bond acceptors (Lipinski definition) is 5. The van der Waals surface area contributed by atoms with E-state index in [0.29, 0.717) is 42.5 Å². The Hall–Kier alpha value is -3.09. The molecule has 3 aromatic carbocycles. The molecular weight excluding hydrogens is 428 g/mol. The zero-order chi connectivity index (χ0) is 23.7. The average Bonchev–Trinajstić information content (AvgIpc) is 3.17. The van der Waals surface area contributed by atoms with Crippen LogP contribution in [0.15, 0.2) is 54.6 Å². The summed E-state index contributed by atoms with van der Waals surface area (Å²) in [5, 5.41) is 13.5. The highest BCUT2D eigenvalue weighted by Gasteiger charge is 2.33. The minimum Gasteiger partial charge on any atom is -0.493 e. The van der Waals surface area contributed by atoms with Crippen molar-refractivity contribution in [2.45, 2.75) is 32.0 Å². The molecule has 0 spiro atoms. The van der Waals surface area contributed by atoms with Crippen molar-refractivity contribution in [3.8, 4) is 11.5 Å². The van der Waals surface area contributed by atoms with E-state index in [0.717, 1.165) is 31.5 Å². The minimum atomic E-state index is -0.534. The highest BCUT2D eigenvalue weighted by molar-refractivity contribution is 5.99. The lowest BCUT2D eigenvalue weighted by Crippen LogP contribution is -2.46. The summed E-state index contributed by atoms with van der Waals surface area (Å²) in [5.41, 5.74) is 2.84. The lowest BCUT2D eigenvalue weighted by atomic mass is 9.95. The Bertz CT molecular complexity index is 1190. The van der Waals surface area contributed by atoms with Crippen LogP contribution < -0.4 is 9.47 Å². The fraction of sp³-hybridized carbons (Fsp3) is 0.393. The van der Waals surface area contributed by atoms with Crippen LogP contribution in [0, 0.1) is 5.92 Å². The van der Waals surface area contributed by atoms with E-state index in [2.05, 4.69) is 35.2 Å². The predicted molar refractivity (Wildman–Crippen MR) is 132 cm³/mol. The molecule has 3 aromatic rings. The molecule has 1 N–H and O–H groups in total. The molecule has 178 valence electrons. The van der Waals surface area contributed by atoms with Gasteiger partial charge in [0.2, 0.25) is 0 Å². The predicted octanol–water partition coefficient (Wildman–Crippen LogP) is 4.09. The van der Waals surface area contributed by atoms with Crippen LogP contribution in [-0.4, -0.2) is 60.9 Å². The number of fused-ring (bicyclic) bond motifs is 2. The zero-order valence-corrected chi connectivity index (χ0v) is 19.9. The average molecular weight is 461 g/mol. The first kappa shape index (κ1) is 22.7. The van der Waals surface area contributed by atoms with Gasteiger partial charge in [0, 0.05) is 38.2 Å². The van der Waals surface area contributed by atoms with Gasteiger partial charge in [-0.25, -0.2) is 0 Å². The number of benzene rings is 3. The highest BCUT2D eigenvalue weighted by Crippen LogP contribution is 2.35. The van der Waals surface area contributed by atoms with Gasteiger partial charge in [-0.05, 0) is 52.8 Å². The summed E-state index contributed by atoms with van der Waals surface area (Å²) in [5.74, 6) is 1.61. The van der Waals surface area contributed by atoms with E-state index in [4.69, 9.17) is 9.47 Å². The Balaban J connectivity index is 1.24. The molecule has 2 atom stereocenters. The maximum Gasteiger partial charge on any atom is 0.254 e. The first-order valence-electron chi connectivity index (χ1n) is 12.0. The summed E-state index contributed by atoms with van der Waals surface area (Å²) in [6.07, 6.45) is 2.15.